The van der Waals surface area contributed by atoms with Crippen molar-refractivity contribution in [2.45, 2.75) is 102 Å². The molecule has 2 aliphatic heterocycles. The summed E-state index contributed by atoms with van der Waals surface area (Å²) in [6, 6.07) is 0. The number of ether oxygens (including phenoxy) is 2. The molecular formula is C20H32O3. The molecule has 1 saturated carbocycles. The summed E-state index contributed by atoms with van der Waals surface area (Å²) in [5, 5.41) is 10.7. The highest BCUT2D eigenvalue weighted by atomic mass is 16.6. The average Bonchev–Trinajstić information content (AvgIpc) is 3.21. The van der Waals surface area contributed by atoms with Crippen molar-refractivity contribution in [2.75, 3.05) is 0 Å². The number of fused-ring (bicyclic) bond motifs is 3. The minimum Gasteiger partial charge on any atom is -0.386 e. The lowest BCUT2D eigenvalue weighted by Gasteiger charge is -2.37. The van der Waals surface area contributed by atoms with Crippen LogP contribution in [-0.2, 0) is 9.47 Å². The number of hydrogen-bond donors (Lipinski definition) is 1. The van der Waals surface area contributed by atoms with Crippen molar-refractivity contribution in [1.82, 2.24) is 0 Å². The second-order valence-corrected chi connectivity index (χ2v) is 9.75. The van der Waals surface area contributed by atoms with Crippen LogP contribution >= 0.6 is 0 Å². The van der Waals surface area contributed by atoms with Crippen LogP contribution in [0.1, 0.15) is 73.1 Å². The van der Waals surface area contributed by atoms with Gasteiger partial charge in [0.15, 0.2) is 0 Å². The maximum atomic E-state index is 10.7. The fourth-order valence-corrected chi connectivity index (χ4v) is 5.32. The molecule has 0 amide bonds. The highest BCUT2D eigenvalue weighted by Crippen LogP contribution is 2.59. The van der Waals surface area contributed by atoms with E-state index >= 15 is 0 Å². The van der Waals surface area contributed by atoms with E-state index in [0.717, 1.165) is 38.5 Å². The molecule has 2 aliphatic carbocycles. The van der Waals surface area contributed by atoms with E-state index in [1.165, 1.54) is 5.57 Å². The SMILES string of the molecule is CC(C)(O)C1=CC[C@@]2(C)C[C@@H]3O[C@]3(C)CC[C@@H]3O[C@@]3(C)CC[C@H]12. The lowest BCUT2D eigenvalue weighted by molar-refractivity contribution is 0.0838. The first-order valence-corrected chi connectivity index (χ1v) is 9.34. The summed E-state index contributed by atoms with van der Waals surface area (Å²) in [4.78, 5) is 0. The van der Waals surface area contributed by atoms with E-state index in [1.54, 1.807) is 0 Å². The molecule has 3 fully saturated rings. The number of aliphatic hydroxyl groups is 1. The van der Waals surface area contributed by atoms with Crippen molar-refractivity contribution in [3.63, 3.8) is 0 Å². The maximum absolute atomic E-state index is 10.7. The molecule has 0 spiro atoms. The van der Waals surface area contributed by atoms with E-state index in [4.69, 9.17) is 9.47 Å². The molecule has 0 aromatic carbocycles. The van der Waals surface area contributed by atoms with Gasteiger partial charge in [-0.1, -0.05) is 13.0 Å². The summed E-state index contributed by atoms with van der Waals surface area (Å²) >= 11 is 0. The van der Waals surface area contributed by atoms with Crippen molar-refractivity contribution in [1.29, 1.82) is 0 Å². The Bertz CT molecular complexity index is 548. The molecule has 1 N–H and O–H groups in total. The lowest BCUT2D eigenvalue weighted by atomic mass is 9.68. The summed E-state index contributed by atoms with van der Waals surface area (Å²) in [7, 11) is 0. The highest BCUT2D eigenvalue weighted by Gasteiger charge is 2.60. The Balaban J connectivity index is 1.62. The first-order chi connectivity index (χ1) is 10.6. The zero-order valence-electron chi connectivity index (χ0n) is 15.3. The van der Waals surface area contributed by atoms with Gasteiger partial charge in [0.1, 0.15) is 0 Å². The van der Waals surface area contributed by atoms with Gasteiger partial charge in [-0.15, -0.1) is 0 Å². The first kappa shape index (κ1) is 16.1. The molecule has 6 atom stereocenters. The lowest BCUT2D eigenvalue weighted by Crippen LogP contribution is -2.34. The Hall–Kier alpha value is -0.380. The van der Waals surface area contributed by atoms with Gasteiger partial charge in [-0.3, -0.25) is 0 Å². The minimum atomic E-state index is -0.721. The van der Waals surface area contributed by atoms with Crippen LogP contribution in [0.2, 0.25) is 0 Å². The summed E-state index contributed by atoms with van der Waals surface area (Å²) in [5.74, 6) is 0.440. The second kappa shape index (κ2) is 4.62. The molecule has 0 aromatic rings. The van der Waals surface area contributed by atoms with E-state index in [-0.39, 0.29) is 16.6 Å². The van der Waals surface area contributed by atoms with Crippen LogP contribution in [0, 0.1) is 11.3 Å². The van der Waals surface area contributed by atoms with Crippen molar-refractivity contribution in [2.24, 2.45) is 11.3 Å². The summed E-state index contributed by atoms with van der Waals surface area (Å²) in [5.41, 5.74) is 0.841. The van der Waals surface area contributed by atoms with Crippen molar-refractivity contribution in [3.8, 4) is 0 Å². The van der Waals surface area contributed by atoms with E-state index in [1.807, 2.05) is 13.8 Å². The monoisotopic (exact) mass is 320 g/mol. The van der Waals surface area contributed by atoms with Crippen molar-refractivity contribution >= 4 is 0 Å². The molecule has 3 heteroatoms. The normalized spacial score (nSPS) is 52.6. The second-order valence-electron chi connectivity index (χ2n) is 9.75. The predicted molar refractivity (Wildman–Crippen MR) is 90.2 cm³/mol. The minimum absolute atomic E-state index is 0.0549. The quantitative estimate of drug-likeness (QED) is 0.587. The van der Waals surface area contributed by atoms with Crippen LogP contribution in [0.25, 0.3) is 0 Å². The standard InChI is InChI=1S/C20H32O3/c1-17(2,21)13-6-9-18(3)12-16-20(5,23-16)11-8-15-19(4,22-15)10-7-14(13)18/h6,14-16,21H,7-12H2,1-5H3/t14-,15+,16+,18+,19+,20-/m1/s1. The van der Waals surface area contributed by atoms with Gasteiger partial charge in [0, 0.05) is 0 Å². The van der Waals surface area contributed by atoms with Crippen LogP contribution in [0.3, 0.4) is 0 Å². The van der Waals surface area contributed by atoms with Crippen molar-refractivity contribution in [3.05, 3.63) is 11.6 Å². The molecular weight excluding hydrogens is 288 g/mol. The van der Waals surface area contributed by atoms with E-state index in [0.29, 0.717) is 18.1 Å². The van der Waals surface area contributed by atoms with E-state index < -0.39 is 5.60 Å². The van der Waals surface area contributed by atoms with Gasteiger partial charge in [-0.05, 0) is 83.1 Å². The molecule has 23 heavy (non-hydrogen) atoms. The Labute approximate surface area is 140 Å². The predicted octanol–water partition coefficient (Wildman–Crippen LogP) is 3.99. The molecule has 3 nitrogen and oxygen atoms in total. The van der Waals surface area contributed by atoms with Crippen LogP contribution in [0.4, 0.5) is 0 Å². The fraction of sp³-hybridized carbons (Fsp3) is 0.900. The molecule has 0 radical (unpaired) electrons. The largest absolute Gasteiger partial charge is 0.386 e. The first-order valence-electron chi connectivity index (χ1n) is 9.34. The molecule has 0 unspecified atom stereocenters. The number of allylic oxidation sites excluding steroid dienone is 1. The van der Waals surface area contributed by atoms with Gasteiger partial charge >= 0.3 is 0 Å². The average molecular weight is 320 g/mol. The zero-order valence-corrected chi connectivity index (χ0v) is 15.3. The number of epoxide rings is 2. The summed E-state index contributed by atoms with van der Waals surface area (Å²) in [6.07, 6.45) is 9.74. The molecule has 130 valence electrons. The Kier molecular flexibility index (Phi) is 3.23. The van der Waals surface area contributed by atoms with Crippen LogP contribution in [0.15, 0.2) is 11.6 Å². The van der Waals surface area contributed by atoms with Crippen molar-refractivity contribution < 1.29 is 14.6 Å². The molecule has 2 saturated heterocycles. The highest BCUT2D eigenvalue weighted by molar-refractivity contribution is 5.28. The topological polar surface area (TPSA) is 45.3 Å². The Morgan fingerprint density at radius 3 is 2.35 bits per heavy atom. The maximum Gasteiger partial charge on any atom is 0.0921 e. The summed E-state index contributed by atoms with van der Waals surface area (Å²) < 4.78 is 12.2. The third-order valence-electron chi connectivity index (χ3n) is 7.27. The van der Waals surface area contributed by atoms with Gasteiger partial charge < -0.3 is 14.6 Å². The number of rotatable bonds is 1. The van der Waals surface area contributed by atoms with Gasteiger partial charge in [0.25, 0.3) is 0 Å². The van der Waals surface area contributed by atoms with E-state index in [9.17, 15) is 5.11 Å². The van der Waals surface area contributed by atoms with Gasteiger partial charge in [-0.2, -0.15) is 0 Å². The van der Waals surface area contributed by atoms with Gasteiger partial charge in [0.2, 0.25) is 0 Å². The van der Waals surface area contributed by atoms with E-state index in [2.05, 4.69) is 26.8 Å². The Morgan fingerprint density at radius 2 is 1.65 bits per heavy atom. The Morgan fingerprint density at radius 1 is 1.04 bits per heavy atom. The molecule has 2 heterocycles. The molecule has 4 aliphatic rings. The molecule has 0 aromatic heterocycles. The van der Waals surface area contributed by atoms with Crippen LogP contribution in [0.5, 0.6) is 0 Å². The third-order valence-corrected chi connectivity index (χ3v) is 7.27. The van der Waals surface area contributed by atoms with Crippen LogP contribution < -0.4 is 0 Å². The molecule has 0 bridgehead atoms. The smallest absolute Gasteiger partial charge is 0.0921 e. The third kappa shape index (κ3) is 2.60. The number of hydrogen-bond acceptors (Lipinski definition) is 3. The van der Waals surface area contributed by atoms with Gasteiger partial charge in [0.05, 0.1) is 29.0 Å². The summed E-state index contributed by atoms with van der Waals surface area (Å²) in [6.45, 7) is 10.8. The zero-order chi connectivity index (χ0) is 16.7. The van der Waals surface area contributed by atoms with Gasteiger partial charge in [-0.25, -0.2) is 0 Å². The molecule has 4 rings (SSSR count). The fourth-order valence-electron chi connectivity index (χ4n) is 5.32. The van der Waals surface area contributed by atoms with Crippen LogP contribution in [-0.4, -0.2) is 34.1 Å².